The molecule has 0 aliphatic rings. The Morgan fingerprint density at radius 1 is 1.41 bits per heavy atom. The SMILES string of the molecule is Cc1ccc(-n2cc(Br)cc2C(=O)O)cc1Cl. The predicted molar refractivity (Wildman–Crippen MR) is 70.2 cm³/mol. The number of aryl methyl sites for hydroxylation is 1. The molecule has 0 saturated heterocycles. The van der Waals surface area contributed by atoms with Crippen molar-refractivity contribution in [2.45, 2.75) is 6.92 Å². The molecule has 0 fully saturated rings. The highest BCUT2D eigenvalue weighted by molar-refractivity contribution is 9.10. The average Bonchev–Trinajstić information content (AvgIpc) is 2.64. The monoisotopic (exact) mass is 313 g/mol. The normalized spacial score (nSPS) is 10.5. The Morgan fingerprint density at radius 3 is 2.71 bits per heavy atom. The van der Waals surface area contributed by atoms with Crippen LogP contribution < -0.4 is 0 Å². The number of nitrogens with zero attached hydrogens (tertiary/aromatic N) is 1. The number of carboxylic acid groups (broad SMARTS) is 1. The minimum absolute atomic E-state index is 0.191. The first-order chi connectivity index (χ1) is 7.99. The van der Waals surface area contributed by atoms with Crippen molar-refractivity contribution in [3.05, 3.63) is 51.2 Å². The van der Waals surface area contributed by atoms with E-state index < -0.39 is 5.97 Å². The maximum Gasteiger partial charge on any atom is 0.352 e. The number of benzene rings is 1. The van der Waals surface area contributed by atoms with Crippen LogP contribution in [0.2, 0.25) is 5.02 Å². The molecule has 0 amide bonds. The van der Waals surface area contributed by atoms with E-state index in [1.54, 1.807) is 22.9 Å². The van der Waals surface area contributed by atoms with Gasteiger partial charge in [-0.2, -0.15) is 0 Å². The Bertz CT molecular complexity index is 592. The van der Waals surface area contributed by atoms with Crippen molar-refractivity contribution in [1.82, 2.24) is 4.57 Å². The van der Waals surface area contributed by atoms with Gasteiger partial charge in [0.1, 0.15) is 5.69 Å². The van der Waals surface area contributed by atoms with Crippen LogP contribution in [0.3, 0.4) is 0 Å². The fourth-order valence-electron chi connectivity index (χ4n) is 1.54. The standard InChI is InChI=1S/C12H9BrClNO2/c1-7-2-3-9(5-10(7)14)15-6-8(13)4-11(15)12(16)17/h2-6H,1H3,(H,16,17). The number of halogens is 2. The number of hydrogen-bond donors (Lipinski definition) is 1. The molecule has 0 aliphatic carbocycles. The van der Waals surface area contributed by atoms with Crippen LogP contribution >= 0.6 is 27.5 Å². The van der Waals surface area contributed by atoms with Crippen molar-refractivity contribution in [1.29, 1.82) is 0 Å². The quantitative estimate of drug-likeness (QED) is 0.913. The van der Waals surface area contributed by atoms with Crippen LogP contribution in [-0.4, -0.2) is 15.6 Å². The number of aromatic nitrogens is 1. The van der Waals surface area contributed by atoms with E-state index in [0.29, 0.717) is 9.50 Å². The van der Waals surface area contributed by atoms with Gasteiger partial charge in [0.15, 0.2) is 0 Å². The van der Waals surface area contributed by atoms with Crippen LogP contribution in [0.1, 0.15) is 16.1 Å². The zero-order valence-electron chi connectivity index (χ0n) is 8.95. The molecule has 1 aromatic heterocycles. The first-order valence-corrected chi connectivity index (χ1v) is 6.04. The third-order valence-electron chi connectivity index (χ3n) is 2.44. The molecule has 3 nitrogen and oxygen atoms in total. The molecule has 0 spiro atoms. The fourth-order valence-corrected chi connectivity index (χ4v) is 2.14. The number of carboxylic acids is 1. The van der Waals surface area contributed by atoms with E-state index in [0.717, 1.165) is 11.3 Å². The largest absolute Gasteiger partial charge is 0.477 e. The van der Waals surface area contributed by atoms with E-state index in [1.165, 1.54) is 0 Å². The second-order valence-electron chi connectivity index (χ2n) is 3.65. The van der Waals surface area contributed by atoms with Crippen molar-refractivity contribution in [3.8, 4) is 5.69 Å². The van der Waals surface area contributed by atoms with E-state index in [4.69, 9.17) is 16.7 Å². The Kier molecular flexibility index (Phi) is 3.26. The van der Waals surface area contributed by atoms with E-state index in [2.05, 4.69) is 15.9 Å². The lowest BCUT2D eigenvalue weighted by Crippen LogP contribution is -2.05. The molecule has 2 aromatic rings. The summed E-state index contributed by atoms with van der Waals surface area (Å²) in [5.41, 5.74) is 1.87. The van der Waals surface area contributed by atoms with Gasteiger partial charge in [-0.1, -0.05) is 17.7 Å². The molecule has 1 N–H and O–H groups in total. The Morgan fingerprint density at radius 2 is 2.12 bits per heavy atom. The summed E-state index contributed by atoms with van der Waals surface area (Å²) in [7, 11) is 0. The molecule has 0 bridgehead atoms. The lowest BCUT2D eigenvalue weighted by Gasteiger charge is -2.07. The summed E-state index contributed by atoms with van der Waals surface area (Å²) in [5, 5.41) is 9.70. The van der Waals surface area contributed by atoms with Crippen LogP contribution in [0.4, 0.5) is 0 Å². The molecule has 0 atom stereocenters. The minimum atomic E-state index is -0.979. The van der Waals surface area contributed by atoms with Gasteiger partial charge in [-0.25, -0.2) is 4.79 Å². The van der Waals surface area contributed by atoms with Crippen LogP contribution in [0.15, 0.2) is 34.9 Å². The van der Waals surface area contributed by atoms with Gasteiger partial charge in [0, 0.05) is 21.4 Å². The second kappa shape index (κ2) is 4.55. The van der Waals surface area contributed by atoms with Gasteiger partial charge in [0.2, 0.25) is 0 Å². The highest BCUT2D eigenvalue weighted by Crippen LogP contribution is 2.24. The van der Waals surface area contributed by atoms with Crippen LogP contribution in [-0.2, 0) is 0 Å². The van der Waals surface area contributed by atoms with Crippen LogP contribution in [0, 0.1) is 6.92 Å². The highest BCUT2D eigenvalue weighted by Gasteiger charge is 2.13. The zero-order chi connectivity index (χ0) is 12.6. The smallest absolute Gasteiger partial charge is 0.352 e. The van der Waals surface area contributed by atoms with E-state index in [-0.39, 0.29) is 5.69 Å². The maximum absolute atomic E-state index is 11.1. The maximum atomic E-state index is 11.1. The summed E-state index contributed by atoms with van der Waals surface area (Å²) in [5.74, 6) is -0.979. The molecule has 2 rings (SSSR count). The summed E-state index contributed by atoms with van der Waals surface area (Å²) >= 11 is 9.29. The first-order valence-electron chi connectivity index (χ1n) is 4.87. The number of rotatable bonds is 2. The summed E-state index contributed by atoms with van der Waals surface area (Å²) in [6.45, 7) is 1.90. The lowest BCUT2D eigenvalue weighted by molar-refractivity contribution is 0.0688. The topological polar surface area (TPSA) is 42.2 Å². The van der Waals surface area contributed by atoms with Crippen LogP contribution in [0.25, 0.3) is 5.69 Å². The summed E-state index contributed by atoms with van der Waals surface area (Å²) in [6.07, 6.45) is 1.70. The van der Waals surface area contributed by atoms with Gasteiger partial charge in [-0.3, -0.25) is 0 Å². The second-order valence-corrected chi connectivity index (χ2v) is 4.98. The Balaban J connectivity index is 2.59. The molecule has 1 heterocycles. The molecular formula is C12H9BrClNO2. The Labute approximate surface area is 112 Å². The molecule has 5 heteroatoms. The third-order valence-corrected chi connectivity index (χ3v) is 3.28. The van der Waals surface area contributed by atoms with Crippen molar-refractivity contribution >= 4 is 33.5 Å². The van der Waals surface area contributed by atoms with Crippen molar-refractivity contribution in [2.24, 2.45) is 0 Å². The van der Waals surface area contributed by atoms with Crippen molar-refractivity contribution in [3.63, 3.8) is 0 Å². The number of hydrogen-bond acceptors (Lipinski definition) is 1. The Hall–Kier alpha value is -1.26. The molecule has 1 aromatic carbocycles. The number of aromatic carboxylic acids is 1. The molecule has 0 radical (unpaired) electrons. The fraction of sp³-hybridized carbons (Fsp3) is 0.0833. The summed E-state index contributed by atoms with van der Waals surface area (Å²) < 4.78 is 2.30. The van der Waals surface area contributed by atoms with Gasteiger partial charge < -0.3 is 9.67 Å². The molecular weight excluding hydrogens is 305 g/mol. The van der Waals surface area contributed by atoms with Crippen LogP contribution in [0.5, 0.6) is 0 Å². The van der Waals surface area contributed by atoms with Gasteiger partial charge in [0.05, 0.1) is 0 Å². The molecule has 88 valence electrons. The van der Waals surface area contributed by atoms with Crippen molar-refractivity contribution < 1.29 is 9.90 Å². The average molecular weight is 315 g/mol. The molecule has 0 unspecified atom stereocenters. The van der Waals surface area contributed by atoms with Crippen molar-refractivity contribution in [2.75, 3.05) is 0 Å². The summed E-state index contributed by atoms with van der Waals surface area (Å²) in [6, 6.07) is 6.99. The molecule has 0 saturated carbocycles. The number of carbonyl (C=O) groups is 1. The third kappa shape index (κ3) is 2.37. The van der Waals surface area contributed by atoms with Gasteiger partial charge in [-0.05, 0) is 46.6 Å². The molecule has 0 aliphatic heterocycles. The zero-order valence-corrected chi connectivity index (χ0v) is 11.3. The predicted octanol–water partition coefficient (Wildman–Crippen LogP) is 3.90. The van der Waals surface area contributed by atoms with Gasteiger partial charge in [0.25, 0.3) is 0 Å². The minimum Gasteiger partial charge on any atom is -0.477 e. The highest BCUT2D eigenvalue weighted by atomic mass is 79.9. The first kappa shape index (κ1) is 12.2. The van der Waals surface area contributed by atoms with E-state index in [1.807, 2.05) is 19.1 Å². The van der Waals surface area contributed by atoms with E-state index >= 15 is 0 Å². The lowest BCUT2D eigenvalue weighted by atomic mass is 10.2. The van der Waals surface area contributed by atoms with Gasteiger partial charge >= 0.3 is 5.97 Å². The van der Waals surface area contributed by atoms with Gasteiger partial charge in [-0.15, -0.1) is 0 Å². The summed E-state index contributed by atoms with van der Waals surface area (Å²) in [4.78, 5) is 11.1. The molecule has 17 heavy (non-hydrogen) atoms. The van der Waals surface area contributed by atoms with E-state index in [9.17, 15) is 4.79 Å².